The molecule has 0 radical (unpaired) electrons. The number of hydrogen-bond donors (Lipinski definition) is 1. The lowest BCUT2D eigenvalue weighted by atomic mass is 9.80. The fraction of sp³-hybridized carbons (Fsp3) is 0.500. The fourth-order valence-corrected chi connectivity index (χ4v) is 2.34. The van der Waals surface area contributed by atoms with Gasteiger partial charge in [-0.05, 0) is 32.3 Å². The summed E-state index contributed by atoms with van der Waals surface area (Å²) < 4.78 is 7.17. The minimum Gasteiger partial charge on any atom is -0.385 e. The number of aromatic nitrogens is 3. The van der Waals surface area contributed by atoms with Crippen molar-refractivity contribution in [3.8, 4) is 0 Å². The van der Waals surface area contributed by atoms with Gasteiger partial charge >= 0.3 is 0 Å². The molecule has 2 rings (SSSR count). The molecule has 0 spiro atoms. The van der Waals surface area contributed by atoms with E-state index in [4.69, 9.17) is 4.74 Å². The van der Waals surface area contributed by atoms with Crippen molar-refractivity contribution in [2.45, 2.75) is 44.4 Å². The Bertz CT molecular complexity index is 540. The number of nitrogens with zero attached hydrogens (tertiary/aromatic N) is 3. The van der Waals surface area contributed by atoms with Crippen molar-refractivity contribution in [2.75, 3.05) is 7.11 Å². The molecule has 1 aromatic carbocycles. The summed E-state index contributed by atoms with van der Waals surface area (Å²) in [4.78, 5) is 3.93. The van der Waals surface area contributed by atoms with E-state index in [2.05, 4.69) is 22.2 Å². The molecule has 5 nitrogen and oxygen atoms in total. The molecule has 114 valence electrons. The molecule has 1 aromatic heterocycles. The maximum absolute atomic E-state index is 11.2. The van der Waals surface area contributed by atoms with Crippen molar-refractivity contribution >= 4 is 0 Å². The standard InChI is InChI=1S/C16H23N3O2/c1-15(2,21-3)16(20,11-19-13-17-12-18-19)10-9-14-7-5-4-6-8-14/h4-8,12-13,20H,9-11H2,1-3H3. The Labute approximate surface area is 125 Å². The average Bonchev–Trinajstić information content (AvgIpc) is 2.99. The topological polar surface area (TPSA) is 60.2 Å². The Kier molecular flexibility index (Phi) is 4.75. The number of methoxy groups -OCH3 is 1. The van der Waals surface area contributed by atoms with Crippen LogP contribution in [0.5, 0.6) is 0 Å². The summed E-state index contributed by atoms with van der Waals surface area (Å²) in [6, 6.07) is 10.1. The molecule has 0 saturated carbocycles. The number of rotatable bonds is 7. The number of benzene rings is 1. The lowest BCUT2D eigenvalue weighted by Gasteiger charge is -2.41. The van der Waals surface area contributed by atoms with Crippen molar-refractivity contribution in [1.82, 2.24) is 14.8 Å². The van der Waals surface area contributed by atoms with Crippen molar-refractivity contribution < 1.29 is 9.84 Å². The average molecular weight is 289 g/mol. The lowest BCUT2D eigenvalue weighted by Crippen LogP contribution is -2.54. The highest BCUT2D eigenvalue weighted by Gasteiger charge is 2.44. The van der Waals surface area contributed by atoms with Crippen LogP contribution < -0.4 is 0 Å². The molecule has 1 N–H and O–H groups in total. The molecule has 0 aliphatic carbocycles. The van der Waals surface area contributed by atoms with Crippen molar-refractivity contribution in [1.29, 1.82) is 0 Å². The summed E-state index contributed by atoms with van der Waals surface area (Å²) in [7, 11) is 1.62. The molecule has 0 amide bonds. The molecule has 1 heterocycles. The smallest absolute Gasteiger partial charge is 0.137 e. The fourth-order valence-electron chi connectivity index (χ4n) is 2.34. The molecular weight excluding hydrogens is 266 g/mol. The van der Waals surface area contributed by atoms with E-state index in [1.807, 2.05) is 32.0 Å². The first-order chi connectivity index (χ1) is 9.97. The first-order valence-corrected chi connectivity index (χ1v) is 7.11. The van der Waals surface area contributed by atoms with Gasteiger partial charge in [-0.25, -0.2) is 9.67 Å². The van der Waals surface area contributed by atoms with Crippen LogP contribution in [-0.4, -0.2) is 38.2 Å². The van der Waals surface area contributed by atoms with Crippen LogP contribution in [0.15, 0.2) is 43.0 Å². The molecule has 21 heavy (non-hydrogen) atoms. The summed E-state index contributed by atoms with van der Waals surface area (Å²) in [5.74, 6) is 0. The van der Waals surface area contributed by atoms with E-state index >= 15 is 0 Å². The number of aliphatic hydroxyl groups is 1. The predicted octanol–water partition coefficient (Wildman–Crippen LogP) is 2.07. The van der Waals surface area contributed by atoms with E-state index in [1.54, 1.807) is 18.1 Å². The van der Waals surface area contributed by atoms with Crippen LogP contribution in [0.4, 0.5) is 0 Å². The molecular formula is C16H23N3O2. The molecule has 0 aliphatic rings. The highest BCUT2D eigenvalue weighted by molar-refractivity contribution is 5.15. The largest absolute Gasteiger partial charge is 0.385 e. The molecule has 1 unspecified atom stereocenters. The van der Waals surface area contributed by atoms with Gasteiger partial charge in [0.05, 0.1) is 12.1 Å². The van der Waals surface area contributed by atoms with Crippen LogP contribution in [0, 0.1) is 0 Å². The summed E-state index contributed by atoms with van der Waals surface area (Å²) in [5, 5.41) is 15.3. The van der Waals surface area contributed by atoms with Gasteiger partial charge in [-0.2, -0.15) is 5.10 Å². The summed E-state index contributed by atoms with van der Waals surface area (Å²) in [6.07, 6.45) is 4.44. The Morgan fingerprint density at radius 1 is 1.24 bits per heavy atom. The van der Waals surface area contributed by atoms with Crippen molar-refractivity contribution in [2.24, 2.45) is 0 Å². The Morgan fingerprint density at radius 3 is 2.52 bits per heavy atom. The molecule has 0 fully saturated rings. The Balaban J connectivity index is 2.15. The van der Waals surface area contributed by atoms with E-state index in [0.29, 0.717) is 13.0 Å². The van der Waals surface area contributed by atoms with Crippen molar-refractivity contribution in [3.05, 3.63) is 48.5 Å². The normalized spacial score (nSPS) is 14.9. The highest BCUT2D eigenvalue weighted by Crippen LogP contribution is 2.31. The maximum atomic E-state index is 11.2. The summed E-state index contributed by atoms with van der Waals surface area (Å²) >= 11 is 0. The van der Waals surface area contributed by atoms with Crippen LogP contribution in [-0.2, 0) is 17.7 Å². The van der Waals surface area contributed by atoms with Gasteiger partial charge in [0.1, 0.15) is 18.3 Å². The minimum atomic E-state index is -1.04. The first kappa shape index (κ1) is 15.7. The van der Waals surface area contributed by atoms with Gasteiger partial charge in [-0.15, -0.1) is 0 Å². The first-order valence-electron chi connectivity index (χ1n) is 7.11. The monoisotopic (exact) mass is 289 g/mol. The number of hydrogen-bond acceptors (Lipinski definition) is 4. The van der Waals surface area contributed by atoms with Gasteiger partial charge in [0.2, 0.25) is 0 Å². The van der Waals surface area contributed by atoms with Gasteiger partial charge < -0.3 is 9.84 Å². The molecule has 5 heteroatoms. The van der Waals surface area contributed by atoms with Crippen LogP contribution in [0.3, 0.4) is 0 Å². The third-order valence-electron chi connectivity index (χ3n) is 4.19. The lowest BCUT2D eigenvalue weighted by molar-refractivity contribution is -0.162. The van der Waals surface area contributed by atoms with E-state index in [1.165, 1.54) is 11.9 Å². The minimum absolute atomic E-state index is 0.348. The van der Waals surface area contributed by atoms with Gasteiger partial charge in [0.15, 0.2) is 0 Å². The van der Waals surface area contributed by atoms with Gasteiger partial charge in [0.25, 0.3) is 0 Å². The quantitative estimate of drug-likeness (QED) is 0.847. The van der Waals surface area contributed by atoms with Crippen LogP contribution in [0.1, 0.15) is 25.8 Å². The van der Waals surface area contributed by atoms with E-state index in [9.17, 15) is 5.11 Å². The number of aryl methyl sites for hydroxylation is 1. The van der Waals surface area contributed by atoms with Crippen LogP contribution in [0.25, 0.3) is 0 Å². The third kappa shape index (κ3) is 3.68. The van der Waals surface area contributed by atoms with Crippen molar-refractivity contribution in [3.63, 3.8) is 0 Å². The second-order valence-corrected chi connectivity index (χ2v) is 5.82. The SMILES string of the molecule is COC(C)(C)C(O)(CCc1ccccc1)Cn1cncn1. The maximum Gasteiger partial charge on any atom is 0.137 e. The zero-order valence-corrected chi connectivity index (χ0v) is 12.9. The van der Waals surface area contributed by atoms with Gasteiger partial charge in [-0.1, -0.05) is 30.3 Å². The van der Waals surface area contributed by atoms with Gasteiger partial charge in [0, 0.05) is 7.11 Å². The van der Waals surface area contributed by atoms with Gasteiger partial charge in [-0.3, -0.25) is 0 Å². The molecule has 0 aliphatic heterocycles. The molecule has 0 bridgehead atoms. The Hall–Kier alpha value is -1.72. The second kappa shape index (κ2) is 6.37. The molecule has 1 atom stereocenters. The Morgan fingerprint density at radius 2 is 1.95 bits per heavy atom. The zero-order chi connectivity index (χ0) is 15.3. The summed E-state index contributed by atoms with van der Waals surface area (Å²) in [6.45, 7) is 4.14. The van der Waals surface area contributed by atoms with Crippen LogP contribution in [0.2, 0.25) is 0 Å². The van der Waals surface area contributed by atoms with E-state index < -0.39 is 11.2 Å². The zero-order valence-electron chi connectivity index (χ0n) is 12.9. The van der Waals surface area contributed by atoms with E-state index in [0.717, 1.165) is 6.42 Å². The van der Waals surface area contributed by atoms with E-state index in [-0.39, 0.29) is 0 Å². The highest BCUT2D eigenvalue weighted by atomic mass is 16.5. The van der Waals surface area contributed by atoms with Crippen LogP contribution >= 0.6 is 0 Å². The summed E-state index contributed by atoms with van der Waals surface area (Å²) in [5.41, 5.74) is -0.527. The number of ether oxygens (including phenoxy) is 1. The molecule has 0 saturated heterocycles. The second-order valence-electron chi connectivity index (χ2n) is 5.82. The molecule has 2 aromatic rings. The predicted molar refractivity (Wildman–Crippen MR) is 80.8 cm³/mol. The third-order valence-corrected chi connectivity index (χ3v) is 4.19.